The van der Waals surface area contributed by atoms with Gasteiger partial charge in [-0.3, -0.25) is 0 Å². The number of aromatic nitrogens is 1. The normalized spacial score (nSPS) is 14.0. The number of nitrogens with zero attached hydrogens (tertiary/aromatic N) is 1. The molecule has 1 aromatic heterocycles. The molecular formula is C7H7N2O+. The largest absolute Gasteiger partial charge is 0.384 e. The summed E-state index contributed by atoms with van der Waals surface area (Å²) in [6.07, 6.45) is 3.58. The highest BCUT2D eigenvalue weighted by molar-refractivity contribution is 5.80. The highest BCUT2D eigenvalue weighted by atomic mass is 16.6. The Morgan fingerprint density at radius 2 is 2.60 bits per heavy atom. The topological polar surface area (TPSA) is 35.7 Å². The molecule has 0 spiro atoms. The van der Waals surface area contributed by atoms with Crippen molar-refractivity contribution in [3.63, 3.8) is 0 Å². The number of H-pyrrole nitrogens is 1. The summed E-state index contributed by atoms with van der Waals surface area (Å²) in [5, 5.41) is 3.67. The fourth-order valence-corrected chi connectivity index (χ4v) is 0.926. The zero-order valence-electron chi connectivity index (χ0n) is 5.37. The van der Waals surface area contributed by atoms with E-state index in [1.165, 1.54) is 0 Å². The Morgan fingerprint density at radius 1 is 1.60 bits per heavy atom. The third kappa shape index (κ3) is 0.757. The minimum Gasteiger partial charge on any atom is -0.384 e. The maximum absolute atomic E-state index is 4.83. The zero-order chi connectivity index (χ0) is 6.81. The van der Waals surface area contributed by atoms with Gasteiger partial charge in [0, 0.05) is 6.07 Å². The van der Waals surface area contributed by atoms with E-state index in [1.54, 1.807) is 6.21 Å². The Hall–Kier alpha value is -1.38. The van der Waals surface area contributed by atoms with Gasteiger partial charge in [-0.05, 0) is 6.07 Å². The van der Waals surface area contributed by atoms with Crippen LogP contribution in [0.2, 0.25) is 0 Å². The summed E-state index contributed by atoms with van der Waals surface area (Å²) in [4.78, 5) is 7.91. The molecule has 1 aromatic rings. The van der Waals surface area contributed by atoms with Crippen molar-refractivity contribution in [3.8, 4) is 0 Å². The Kier molecular flexibility index (Phi) is 1.13. The minimum atomic E-state index is 0.548. The highest BCUT2D eigenvalue weighted by Crippen LogP contribution is 2.05. The third-order valence-electron chi connectivity index (χ3n) is 1.45. The Balaban J connectivity index is 2.54. The molecular weight excluding hydrogens is 128 g/mol. The summed E-state index contributed by atoms with van der Waals surface area (Å²) in [6.45, 7) is 0.548. The predicted molar refractivity (Wildman–Crippen MR) is 35.4 cm³/mol. The molecule has 0 saturated carbocycles. The van der Waals surface area contributed by atoms with Crippen LogP contribution in [-0.4, -0.2) is 6.21 Å². The van der Waals surface area contributed by atoms with E-state index in [-0.39, 0.29) is 0 Å². The molecule has 1 N–H and O–H groups in total. The lowest BCUT2D eigenvalue weighted by atomic mass is 10.2. The molecule has 0 radical (unpaired) electrons. The van der Waals surface area contributed by atoms with Crippen LogP contribution in [0.5, 0.6) is 0 Å². The van der Waals surface area contributed by atoms with Gasteiger partial charge in [-0.1, -0.05) is 5.16 Å². The van der Waals surface area contributed by atoms with Crippen LogP contribution in [0.1, 0.15) is 11.3 Å². The van der Waals surface area contributed by atoms with E-state index in [1.807, 2.05) is 18.3 Å². The smallest absolute Gasteiger partial charge is 0.229 e. The first-order valence-corrected chi connectivity index (χ1v) is 3.12. The standard InChI is InChI=1S/C7H6N2O/c1-2-6-4-9-10-5-7(6)8-3-1/h1-4H,5H2/p+1. The van der Waals surface area contributed by atoms with Crippen molar-refractivity contribution in [3.05, 3.63) is 29.6 Å². The van der Waals surface area contributed by atoms with Crippen LogP contribution < -0.4 is 4.98 Å². The molecule has 2 heterocycles. The molecule has 1 aliphatic heterocycles. The van der Waals surface area contributed by atoms with Crippen LogP contribution in [0.3, 0.4) is 0 Å². The van der Waals surface area contributed by atoms with Crippen molar-refractivity contribution in [1.82, 2.24) is 0 Å². The summed E-state index contributed by atoms with van der Waals surface area (Å²) in [5.74, 6) is 0. The van der Waals surface area contributed by atoms with Crippen molar-refractivity contribution in [1.29, 1.82) is 0 Å². The molecule has 2 rings (SSSR count). The Morgan fingerprint density at radius 3 is 3.50 bits per heavy atom. The third-order valence-corrected chi connectivity index (χ3v) is 1.45. The van der Waals surface area contributed by atoms with Gasteiger partial charge in [-0.15, -0.1) is 0 Å². The van der Waals surface area contributed by atoms with E-state index in [9.17, 15) is 0 Å². The van der Waals surface area contributed by atoms with Crippen LogP contribution in [0.15, 0.2) is 23.5 Å². The number of pyridine rings is 1. The molecule has 0 amide bonds. The fourth-order valence-electron chi connectivity index (χ4n) is 0.926. The van der Waals surface area contributed by atoms with Crippen molar-refractivity contribution >= 4 is 6.21 Å². The van der Waals surface area contributed by atoms with Crippen LogP contribution in [-0.2, 0) is 11.4 Å². The molecule has 0 aromatic carbocycles. The van der Waals surface area contributed by atoms with Gasteiger partial charge in [0.05, 0.1) is 11.8 Å². The van der Waals surface area contributed by atoms with Gasteiger partial charge in [-0.25, -0.2) is 4.98 Å². The summed E-state index contributed by atoms with van der Waals surface area (Å²) in [6, 6.07) is 3.94. The van der Waals surface area contributed by atoms with Crippen LogP contribution >= 0.6 is 0 Å². The quantitative estimate of drug-likeness (QED) is 0.506. The summed E-state index contributed by atoms with van der Waals surface area (Å²) < 4.78 is 0. The maximum atomic E-state index is 4.83. The zero-order valence-corrected chi connectivity index (χ0v) is 5.37. The van der Waals surface area contributed by atoms with Gasteiger partial charge in [0.25, 0.3) is 0 Å². The van der Waals surface area contributed by atoms with E-state index < -0.39 is 0 Å². The SMILES string of the molecule is C1=NOCc2[nH+]cccc21. The second kappa shape index (κ2) is 2.10. The van der Waals surface area contributed by atoms with Gasteiger partial charge in [0.1, 0.15) is 0 Å². The molecule has 0 saturated heterocycles. The number of rotatable bonds is 0. The molecule has 50 valence electrons. The lowest BCUT2D eigenvalue weighted by Gasteiger charge is -2.01. The number of hydrogen-bond acceptors (Lipinski definition) is 2. The Labute approximate surface area is 58.3 Å². The predicted octanol–water partition coefficient (Wildman–Crippen LogP) is 0.365. The molecule has 0 atom stereocenters. The highest BCUT2D eigenvalue weighted by Gasteiger charge is 2.10. The first kappa shape index (κ1) is 5.41. The van der Waals surface area contributed by atoms with Crippen molar-refractivity contribution in [2.24, 2.45) is 5.16 Å². The summed E-state index contributed by atoms with van der Waals surface area (Å²) in [7, 11) is 0. The average Bonchev–Trinajstić information content (AvgIpc) is 2.05. The van der Waals surface area contributed by atoms with Crippen LogP contribution in [0.25, 0.3) is 0 Å². The van der Waals surface area contributed by atoms with E-state index in [4.69, 9.17) is 4.84 Å². The molecule has 3 heteroatoms. The van der Waals surface area contributed by atoms with Gasteiger partial charge in [-0.2, -0.15) is 0 Å². The van der Waals surface area contributed by atoms with Gasteiger partial charge < -0.3 is 4.84 Å². The molecule has 1 aliphatic rings. The number of nitrogens with one attached hydrogen (secondary N) is 1. The minimum absolute atomic E-state index is 0.548. The summed E-state index contributed by atoms with van der Waals surface area (Å²) in [5.41, 5.74) is 2.19. The van der Waals surface area contributed by atoms with Crippen LogP contribution in [0.4, 0.5) is 0 Å². The average molecular weight is 135 g/mol. The van der Waals surface area contributed by atoms with E-state index in [2.05, 4.69) is 10.1 Å². The first-order valence-electron chi connectivity index (χ1n) is 3.12. The van der Waals surface area contributed by atoms with E-state index in [0.29, 0.717) is 6.61 Å². The van der Waals surface area contributed by atoms with Gasteiger partial charge >= 0.3 is 0 Å². The number of fused-ring (bicyclic) bond motifs is 1. The van der Waals surface area contributed by atoms with Gasteiger partial charge in [0.2, 0.25) is 12.3 Å². The molecule has 3 nitrogen and oxygen atoms in total. The van der Waals surface area contributed by atoms with Crippen LogP contribution in [0, 0.1) is 0 Å². The second-order valence-corrected chi connectivity index (χ2v) is 2.11. The van der Waals surface area contributed by atoms with E-state index >= 15 is 0 Å². The monoisotopic (exact) mass is 135 g/mol. The molecule has 0 fully saturated rings. The number of oxime groups is 1. The number of aromatic amines is 1. The molecule has 0 aliphatic carbocycles. The number of hydrogen-bond donors (Lipinski definition) is 0. The van der Waals surface area contributed by atoms with Gasteiger partial charge in [0.15, 0.2) is 6.20 Å². The molecule has 0 unspecified atom stereocenters. The van der Waals surface area contributed by atoms with Crippen molar-refractivity contribution in [2.75, 3.05) is 0 Å². The maximum Gasteiger partial charge on any atom is 0.229 e. The fraction of sp³-hybridized carbons (Fsp3) is 0.143. The lowest BCUT2D eigenvalue weighted by molar-refractivity contribution is -0.396. The Bertz CT molecular complexity index is 270. The second-order valence-electron chi connectivity index (χ2n) is 2.11. The van der Waals surface area contributed by atoms with E-state index in [0.717, 1.165) is 11.3 Å². The summed E-state index contributed by atoms with van der Waals surface area (Å²) >= 11 is 0. The first-order chi connectivity index (χ1) is 4.97. The molecule has 10 heavy (non-hydrogen) atoms. The molecule has 0 bridgehead atoms. The van der Waals surface area contributed by atoms with Crippen molar-refractivity contribution in [2.45, 2.75) is 6.61 Å². The lowest BCUT2D eigenvalue weighted by Crippen LogP contribution is -2.16. The van der Waals surface area contributed by atoms with Crippen molar-refractivity contribution < 1.29 is 9.82 Å².